The normalized spacial score (nSPS) is 13.4. The van der Waals surface area contributed by atoms with E-state index in [4.69, 9.17) is 19.1 Å². The highest BCUT2D eigenvalue weighted by Gasteiger charge is 2.67. The number of benzene rings is 1. The van der Waals surface area contributed by atoms with Gasteiger partial charge in [-0.2, -0.15) is 0 Å². The van der Waals surface area contributed by atoms with Crippen LogP contribution in [-0.4, -0.2) is 64.7 Å². The zero-order valence-corrected chi connectivity index (χ0v) is 24.5. The van der Waals surface area contributed by atoms with Gasteiger partial charge in [-0.3, -0.25) is 4.89 Å². The molecule has 1 aromatic carbocycles. The monoisotopic (exact) mass is 600 g/mol. The van der Waals surface area contributed by atoms with Crippen LogP contribution in [0.1, 0.15) is 44.4 Å². The van der Waals surface area contributed by atoms with Crippen molar-refractivity contribution in [3.8, 4) is 0 Å². The number of carbonyl (C=O) groups is 4. The molecule has 0 aliphatic rings. The molecule has 0 bridgehead atoms. The van der Waals surface area contributed by atoms with E-state index < -0.39 is 54.8 Å². The highest BCUT2D eigenvalue weighted by Crippen LogP contribution is 2.42. The molecular weight excluding hydrogens is 564 g/mol. The van der Waals surface area contributed by atoms with Crippen molar-refractivity contribution in [2.24, 2.45) is 5.41 Å². The number of aliphatic hydroxyl groups excluding tert-OH is 3. The van der Waals surface area contributed by atoms with Crippen molar-refractivity contribution in [2.75, 3.05) is 13.2 Å². The summed E-state index contributed by atoms with van der Waals surface area (Å²) in [5.41, 5.74) is -2.17. The summed E-state index contributed by atoms with van der Waals surface area (Å²) in [7, 11) is 0. The molecule has 0 spiro atoms. The van der Waals surface area contributed by atoms with Crippen LogP contribution in [0.15, 0.2) is 73.4 Å². The predicted octanol–water partition coefficient (Wildman–Crippen LogP) is 3.15. The number of rotatable bonds is 16. The molecule has 12 heteroatoms. The van der Waals surface area contributed by atoms with E-state index in [1.807, 2.05) is 0 Å². The van der Waals surface area contributed by atoms with Crippen LogP contribution in [0.2, 0.25) is 0 Å². The van der Waals surface area contributed by atoms with Crippen molar-refractivity contribution >= 4 is 42.1 Å². The zero-order chi connectivity index (χ0) is 33.1. The Labute approximate surface area is 249 Å². The summed E-state index contributed by atoms with van der Waals surface area (Å²) in [6, 6.07) is 5.08. The molecule has 2 unspecified atom stereocenters. The molecule has 2 atom stereocenters. The Balaban J connectivity index is 3.96. The Kier molecular flexibility index (Phi) is 13.2. The Morgan fingerprint density at radius 2 is 1.33 bits per heavy atom. The third-order valence-electron chi connectivity index (χ3n) is 5.88. The Hall–Kier alpha value is -4.62. The zero-order valence-electron chi connectivity index (χ0n) is 24.5. The molecule has 3 N–H and O–H groups in total. The molecule has 0 heterocycles. The van der Waals surface area contributed by atoms with Crippen LogP contribution in [0.4, 0.5) is 0 Å². The molecule has 0 saturated carbocycles. The number of aliphatic hydroxyl groups is 3. The third kappa shape index (κ3) is 8.46. The second kappa shape index (κ2) is 15.6. The number of ether oxygens (including phenoxy) is 3. The summed E-state index contributed by atoms with van der Waals surface area (Å²) >= 11 is 0. The molecule has 0 amide bonds. The van der Waals surface area contributed by atoms with E-state index in [1.165, 1.54) is 39.8 Å². The van der Waals surface area contributed by atoms with Gasteiger partial charge >= 0.3 is 29.9 Å². The largest absolute Gasteiger partial charge is 0.431 e. The van der Waals surface area contributed by atoms with Gasteiger partial charge in [0.1, 0.15) is 0 Å². The minimum atomic E-state index is -3.51. The lowest BCUT2D eigenvalue weighted by molar-refractivity contribution is -0.513. The molecule has 0 fully saturated rings. The van der Waals surface area contributed by atoms with Crippen LogP contribution in [0.3, 0.4) is 0 Å². The van der Waals surface area contributed by atoms with Crippen LogP contribution in [0.5, 0.6) is 0 Å². The fourth-order valence-electron chi connectivity index (χ4n) is 3.22. The van der Waals surface area contributed by atoms with Crippen molar-refractivity contribution in [1.82, 2.24) is 0 Å². The SMILES string of the molecule is C=Cc1cccc(/C=C(\C)C(=O)OC(OOC(=O)C(=C)C)(OC(=O)C(=C)C)C(CO)(CO)C(O)OC(=O)C(=C)C)c1C=C. The second-order valence-corrected chi connectivity index (χ2v) is 9.45. The van der Waals surface area contributed by atoms with E-state index >= 15 is 0 Å². The Morgan fingerprint density at radius 3 is 1.79 bits per heavy atom. The topological polar surface area (TPSA) is 175 Å². The molecular formula is C31H36O12. The van der Waals surface area contributed by atoms with Crippen molar-refractivity contribution in [3.63, 3.8) is 0 Å². The molecule has 12 nitrogen and oxygen atoms in total. The molecule has 0 radical (unpaired) electrons. The average Bonchev–Trinajstić information content (AvgIpc) is 2.95. The minimum Gasteiger partial charge on any atom is -0.431 e. The van der Waals surface area contributed by atoms with Gasteiger partial charge in [-0.1, -0.05) is 68.1 Å². The molecule has 1 aromatic rings. The van der Waals surface area contributed by atoms with Crippen molar-refractivity contribution in [1.29, 1.82) is 0 Å². The van der Waals surface area contributed by atoms with E-state index in [2.05, 4.69) is 37.8 Å². The van der Waals surface area contributed by atoms with Crippen molar-refractivity contribution in [2.45, 2.75) is 40.0 Å². The number of esters is 3. The molecule has 0 aliphatic heterocycles. The van der Waals surface area contributed by atoms with Gasteiger partial charge in [0, 0.05) is 22.3 Å². The maximum absolute atomic E-state index is 13.5. The first-order valence-corrected chi connectivity index (χ1v) is 12.6. The molecule has 0 saturated heterocycles. The smallest absolute Gasteiger partial charge is 0.430 e. The lowest BCUT2D eigenvalue weighted by atomic mass is 9.85. The molecule has 0 aliphatic carbocycles. The fourth-order valence-corrected chi connectivity index (χ4v) is 3.22. The van der Waals surface area contributed by atoms with E-state index in [9.17, 15) is 34.5 Å². The first-order chi connectivity index (χ1) is 20.1. The second-order valence-electron chi connectivity index (χ2n) is 9.45. The van der Waals surface area contributed by atoms with Gasteiger partial charge < -0.3 is 29.5 Å². The highest BCUT2D eigenvalue weighted by atomic mass is 17.3. The van der Waals surface area contributed by atoms with Gasteiger partial charge in [-0.25, -0.2) is 19.2 Å². The number of hydrogen-bond acceptors (Lipinski definition) is 12. The summed E-state index contributed by atoms with van der Waals surface area (Å²) in [5.74, 6) is -8.70. The maximum atomic E-state index is 13.5. The predicted molar refractivity (Wildman–Crippen MR) is 156 cm³/mol. The molecule has 232 valence electrons. The van der Waals surface area contributed by atoms with Gasteiger partial charge in [0.05, 0.1) is 13.2 Å². The molecule has 0 aromatic heterocycles. The maximum Gasteiger partial charge on any atom is 0.430 e. The first-order valence-electron chi connectivity index (χ1n) is 12.6. The summed E-state index contributed by atoms with van der Waals surface area (Å²) in [4.78, 5) is 60.6. The van der Waals surface area contributed by atoms with Crippen LogP contribution in [0.25, 0.3) is 18.2 Å². The van der Waals surface area contributed by atoms with Crippen LogP contribution in [-0.2, 0) is 43.2 Å². The van der Waals surface area contributed by atoms with Gasteiger partial charge in [-0.05, 0) is 50.5 Å². The first kappa shape index (κ1) is 36.4. The average molecular weight is 601 g/mol. The fraction of sp³-hybridized carbons (Fsp3) is 0.290. The quantitative estimate of drug-likeness (QED) is 0.0832. The summed E-state index contributed by atoms with van der Waals surface area (Å²) in [6.45, 7) is 19.6. The van der Waals surface area contributed by atoms with Gasteiger partial charge in [0.25, 0.3) is 0 Å². The summed E-state index contributed by atoms with van der Waals surface area (Å²) in [5, 5.41) is 31.9. The third-order valence-corrected chi connectivity index (χ3v) is 5.88. The van der Waals surface area contributed by atoms with Crippen LogP contribution in [0, 0.1) is 5.41 Å². The van der Waals surface area contributed by atoms with Gasteiger partial charge in [-0.15, -0.1) is 0 Å². The van der Waals surface area contributed by atoms with Gasteiger partial charge in [0.15, 0.2) is 5.41 Å². The Morgan fingerprint density at radius 1 is 0.814 bits per heavy atom. The van der Waals surface area contributed by atoms with E-state index in [-0.39, 0.29) is 22.3 Å². The number of hydrogen-bond donors (Lipinski definition) is 3. The van der Waals surface area contributed by atoms with E-state index in [0.717, 1.165) is 0 Å². The van der Waals surface area contributed by atoms with E-state index in [1.54, 1.807) is 24.3 Å². The van der Waals surface area contributed by atoms with Crippen molar-refractivity contribution < 1.29 is 58.5 Å². The number of carbonyl (C=O) groups excluding carboxylic acids is 4. The molecule has 43 heavy (non-hydrogen) atoms. The molecule has 1 rings (SSSR count). The standard InChI is InChI=1S/C31H36O12/c1-10-22-13-12-14-23(24(22)11-2)15-21(9)28(37)41-31(40-26(35)19(5)6,43-42-27(36)20(7)8)30(16-32,17-33)29(38)39-25(34)18(3)4/h10-15,29,32-33,38H,1-3,5,7,16-17H2,4,6,8-9H3/b21-15+. The minimum absolute atomic E-state index is 0.187. The van der Waals surface area contributed by atoms with Gasteiger partial charge in [0.2, 0.25) is 6.29 Å². The van der Waals surface area contributed by atoms with Crippen LogP contribution < -0.4 is 0 Å². The Bertz CT molecular complexity index is 1350. The van der Waals surface area contributed by atoms with Crippen molar-refractivity contribution in [3.05, 3.63) is 90.1 Å². The highest BCUT2D eigenvalue weighted by molar-refractivity contribution is 5.94. The summed E-state index contributed by atoms with van der Waals surface area (Å²) in [6.07, 6.45) is 1.81. The lowest BCUT2D eigenvalue weighted by Gasteiger charge is -2.44. The van der Waals surface area contributed by atoms with E-state index in [0.29, 0.717) is 16.7 Å². The lowest BCUT2D eigenvalue weighted by Crippen LogP contribution is -2.66. The van der Waals surface area contributed by atoms with Crippen LogP contribution >= 0.6 is 0 Å². The summed E-state index contributed by atoms with van der Waals surface area (Å²) < 4.78 is 15.5.